The van der Waals surface area contributed by atoms with E-state index in [0.717, 1.165) is 33.4 Å². The van der Waals surface area contributed by atoms with Crippen LogP contribution < -0.4 is 0 Å². The molecule has 4 heteroatoms. The summed E-state index contributed by atoms with van der Waals surface area (Å²) >= 11 is 0. The fourth-order valence-corrected chi connectivity index (χ4v) is 3.70. The summed E-state index contributed by atoms with van der Waals surface area (Å²) in [6.07, 6.45) is 3.70. The third kappa shape index (κ3) is 5.37. The van der Waals surface area contributed by atoms with Crippen molar-refractivity contribution >= 4 is 22.6 Å². The van der Waals surface area contributed by atoms with Gasteiger partial charge in [0.1, 0.15) is 11.4 Å². The molecule has 0 saturated carbocycles. The summed E-state index contributed by atoms with van der Waals surface area (Å²) in [6, 6.07) is 38.8. The Morgan fingerprint density at radius 3 is 0.941 bits per heavy atom. The molecule has 34 heavy (non-hydrogen) atoms. The van der Waals surface area contributed by atoms with Crippen molar-refractivity contribution in [2.45, 2.75) is 0 Å². The Hall–Kier alpha value is -4.70. The summed E-state index contributed by atoms with van der Waals surface area (Å²) in [5.41, 5.74) is 5.91. The summed E-state index contributed by atoms with van der Waals surface area (Å²) in [6.45, 7) is 0. The summed E-state index contributed by atoms with van der Waals surface area (Å²) < 4.78 is 0. The molecule has 0 aliphatic heterocycles. The molecule has 0 unspecified atom stereocenters. The first kappa shape index (κ1) is 22.5. The first-order valence-electron chi connectivity index (χ1n) is 10.9. The van der Waals surface area contributed by atoms with E-state index in [1.54, 1.807) is 0 Å². The van der Waals surface area contributed by atoms with Crippen molar-refractivity contribution in [2.75, 3.05) is 0 Å². The van der Waals surface area contributed by atoms with Crippen LogP contribution in [-0.2, 0) is 0 Å². The predicted octanol–water partition coefficient (Wildman–Crippen LogP) is 6.91. The lowest BCUT2D eigenvalue weighted by Gasteiger charge is -2.15. The number of oxime groups is 2. The molecule has 0 atom stereocenters. The van der Waals surface area contributed by atoms with Crippen molar-refractivity contribution in [3.05, 3.63) is 156 Å². The minimum absolute atomic E-state index is 0.420. The van der Waals surface area contributed by atoms with E-state index in [4.69, 9.17) is 0 Å². The van der Waals surface area contributed by atoms with Gasteiger partial charge in [0.05, 0.1) is 0 Å². The van der Waals surface area contributed by atoms with Crippen LogP contribution in [0, 0.1) is 0 Å². The molecule has 4 aromatic carbocycles. The van der Waals surface area contributed by atoms with Crippen LogP contribution in [0.4, 0.5) is 0 Å². The van der Waals surface area contributed by atoms with Crippen LogP contribution >= 0.6 is 0 Å². The van der Waals surface area contributed by atoms with Crippen molar-refractivity contribution in [3.8, 4) is 0 Å². The third-order valence-electron chi connectivity index (χ3n) is 5.38. The highest BCUT2D eigenvalue weighted by Gasteiger charge is 2.15. The van der Waals surface area contributed by atoms with Crippen molar-refractivity contribution in [1.82, 2.24) is 0 Å². The van der Waals surface area contributed by atoms with E-state index in [0.29, 0.717) is 11.4 Å². The molecule has 4 nitrogen and oxygen atoms in total. The van der Waals surface area contributed by atoms with Gasteiger partial charge < -0.3 is 10.4 Å². The number of benzene rings is 4. The molecule has 4 aromatic rings. The minimum atomic E-state index is 0.420. The topological polar surface area (TPSA) is 65.2 Å². The normalized spacial score (nSPS) is 13.1. The molecule has 4 rings (SSSR count). The van der Waals surface area contributed by atoms with E-state index >= 15 is 0 Å². The second-order valence-corrected chi connectivity index (χ2v) is 7.55. The highest BCUT2D eigenvalue weighted by molar-refractivity contribution is 6.23. The standard InChI is InChI=1S/C30H24N2O2/c33-31-29(25-17-9-3-10-18-25)21-27(23-13-5-1-6-14-23)28(24-15-7-2-8-16-24)22-30(32-34)26-19-11-4-12-20-26/h1-22,33-34H/b27-21+,28-22+,31-29-,32-30-. The maximum absolute atomic E-state index is 9.89. The Balaban J connectivity index is 1.96. The maximum atomic E-state index is 9.89. The quantitative estimate of drug-likeness (QED) is 0.141. The van der Waals surface area contributed by atoms with Gasteiger partial charge in [-0.3, -0.25) is 0 Å². The van der Waals surface area contributed by atoms with Gasteiger partial charge in [0.2, 0.25) is 0 Å². The number of hydrogen-bond donors (Lipinski definition) is 2. The van der Waals surface area contributed by atoms with Crippen LogP contribution in [-0.4, -0.2) is 21.8 Å². The van der Waals surface area contributed by atoms with Gasteiger partial charge in [-0.25, -0.2) is 0 Å². The van der Waals surface area contributed by atoms with Crippen molar-refractivity contribution in [1.29, 1.82) is 0 Å². The predicted molar refractivity (Wildman–Crippen MR) is 138 cm³/mol. The molecule has 0 heterocycles. The Kier molecular flexibility index (Phi) is 7.44. The zero-order valence-corrected chi connectivity index (χ0v) is 18.5. The van der Waals surface area contributed by atoms with Crippen molar-refractivity contribution in [2.24, 2.45) is 10.3 Å². The number of hydrogen-bond acceptors (Lipinski definition) is 4. The molecule has 0 aliphatic rings. The van der Waals surface area contributed by atoms with Gasteiger partial charge in [0.15, 0.2) is 0 Å². The van der Waals surface area contributed by atoms with E-state index in [-0.39, 0.29) is 0 Å². The fraction of sp³-hybridized carbons (Fsp3) is 0. The SMILES string of the molecule is O/N=C(/C=C(/C(=C/C(=N/O)c1ccccc1)c1ccccc1)c1ccccc1)c1ccccc1. The average molecular weight is 445 g/mol. The maximum Gasteiger partial charge on any atom is 0.110 e. The van der Waals surface area contributed by atoms with E-state index in [1.165, 1.54) is 0 Å². The number of allylic oxidation sites excluding steroid dienone is 4. The van der Waals surface area contributed by atoms with Gasteiger partial charge in [0.25, 0.3) is 0 Å². The Morgan fingerprint density at radius 2 is 0.676 bits per heavy atom. The van der Waals surface area contributed by atoms with E-state index in [1.807, 2.05) is 133 Å². The second kappa shape index (κ2) is 11.2. The van der Waals surface area contributed by atoms with Gasteiger partial charge in [-0.15, -0.1) is 0 Å². The van der Waals surface area contributed by atoms with Crippen LogP contribution in [0.3, 0.4) is 0 Å². The molecule has 166 valence electrons. The molecule has 2 N–H and O–H groups in total. The van der Waals surface area contributed by atoms with Crippen LogP contribution in [0.2, 0.25) is 0 Å². The first-order chi connectivity index (χ1) is 16.8. The summed E-state index contributed by atoms with van der Waals surface area (Å²) in [7, 11) is 0. The molecule has 0 saturated heterocycles. The Bertz CT molecular complexity index is 1220. The zero-order chi connectivity index (χ0) is 23.6. The minimum Gasteiger partial charge on any atom is -0.410 e. The molecule has 0 fully saturated rings. The molecule has 0 radical (unpaired) electrons. The molecular weight excluding hydrogens is 420 g/mol. The molecule has 0 aromatic heterocycles. The van der Waals surface area contributed by atoms with Crippen molar-refractivity contribution < 1.29 is 10.4 Å². The molecular formula is C30H24N2O2. The Morgan fingerprint density at radius 1 is 0.412 bits per heavy atom. The lowest BCUT2D eigenvalue weighted by molar-refractivity contribution is 0.319. The lowest BCUT2D eigenvalue weighted by Crippen LogP contribution is -2.03. The van der Waals surface area contributed by atoms with E-state index < -0.39 is 0 Å². The highest BCUT2D eigenvalue weighted by atomic mass is 16.4. The number of nitrogens with zero attached hydrogens (tertiary/aromatic N) is 2. The van der Waals surface area contributed by atoms with Crippen molar-refractivity contribution in [3.63, 3.8) is 0 Å². The molecule has 0 amide bonds. The smallest absolute Gasteiger partial charge is 0.110 e. The third-order valence-corrected chi connectivity index (χ3v) is 5.38. The summed E-state index contributed by atoms with van der Waals surface area (Å²) in [5, 5.41) is 27.0. The summed E-state index contributed by atoms with van der Waals surface area (Å²) in [4.78, 5) is 0. The van der Waals surface area contributed by atoms with Crippen LogP contribution in [0.5, 0.6) is 0 Å². The first-order valence-corrected chi connectivity index (χ1v) is 10.9. The van der Waals surface area contributed by atoms with E-state index in [9.17, 15) is 10.4 Å². The highest BCUT2D eigenvalue weighted by Crippen LogP contribution is 2.32. The Labute approximate surface area is 199 Å². The van der Waals surface area contributed by atoms with Crippen LogP contribution in [0.1, 0.15) is 22.3 Å². The molecule has 0 aliphatic carbocycles. The van der Waals surface area contributed by atoms with Crippen LogP contribution in [0.15, 0.2) is 144 Å². The van der Waals surface area contributed by atoms with Gasteiger partial charge in [-0.1, -0.05) is 132 Å². The fourth-order valence-electron chi connectivity index (χ4n) is 3.70. The number of rotatable bonds is 7. The lowest BCUT2D eigenvalue weighted by atomic mass is 9.89. The van der Waals surface area contributed by atoms with Crippen LogP contribution in [0.25, 0.3) is 11.1 Å². The van der Waals surface area contributed by atoms with E-state index in [2.05, 4.69) is 10.3 Å². The molecule has 0 spiro atoms. The van der Waals surface area contributed by atoms with Gasteiger partial charge >= 0.3 is 0 Å². The van der Waals surface area contributed by atoms with Gasteiger partial charge in [0, 0.05) is 11.1 Å². The zero-order valence-electron chi connectivity index (χ0n) is 18.5. The van der Waals surface area contributed by atoms with Gasteiger partial charge in [-0.2, -0.15) is 0 Å². The van der Waals surface area contributed by atoms with Gasteiger partial charge in [-0.05, 0) is 34.4 Å². The average Bonchev–Trinajstić information content (AvgIpc) is 2.92. The largest absolute Gasteiger partial charge is 0.410 e. The summed E-state index contributed by atoms with van der Waals surface area (Å²) in [5.74, 6) is 0. The monoisotopic (exact) mass is 444 g/mol. The second-order valence-electron chi connectivity index (χ2n) is 7.55. The molecule has 0 bridgehead atoms.